The second-order valence-electron chi connectivity index (χ2n) is 9.54. The van der Waals surface area contributed by atoms with Crippen molar-refractivity contribution in [2.24, 2.45) is 5.41 Å². The molecule has 1 unspecified atom stereocenters. The molecule has 0 bridgehead atoms. The van der Waals surface area contributed by atoms with E-state index in [0.717, 1.165) is 21.7 Å². The quantitative estimate of drug-likeness (QED) is 0.488. The van der Waals surface area contributed by atoms with Gasteiger partial charge in [0.2, 0.25) is 5.91 Å². The second kappa shape index (κ2) is 9.75. The predicted molar refractivity (Wildman–Crippen MR) is 123 cm³/mol. The van der Waals surface area contributed by atoms with E-state index in [0.29, 0.717) is 12.8 Å². The van der Waals surface area contributed by atoms with E-state index in [2.05, 4.69) is 27.8 Å². The predicted octanol–water partition coefficient (Wildman–Crippen LogP) is 2.99. The maximum atomic E-state index is 12.7. The standard InChI is InChI=1S/C23H34N4O3S/c1-14(16-6-8-17(9-7-16)21-15(2)24-13-31-21)25-22(30)26-19-10-18(28)12-27(19)20(29)11-23(3,4)5/h6-9,13-14,18-19,22,25-26,28,30H,10-12H2,1-5H3/t14-,18+,19-,22?/m0/s1. The zero-order valence-electron chi connectivity index (χ0n) is 18.9. The van der Waals surface area contributed by atoms with E-state index < -0.39 is 18.6 Å². The van der Waals surface area contributed by atoms with E-state index in [1.165, 1.54) is 0 Å². The first kappa shape index (κ1) is 23.8. The minimum absolute atomic E-state index is 0.0178. The molecule has 2 heterocycles. The Labute approximate surface area is 188 Å². The van der Waals surface area contributed by atoms with Gasteiger partial charge < -0.3 is 15.1 Å². The highest BCUT2D eigenvalue weighted by atomic mass is 32.1. The number of hydrogen-bond acceptors (Lipinski definition) is 7. The number of likely N-dealkylation sites (tertiary alicyclic amines) is 1. The van der Waals surface area contributed by atoms with Gasteiger partial charge in [-0.2, -0.15) is 0 Å². The Morgan fingerprint density at radius 3 is 2.58 bits per heavy atom. The number of amides is 1. The number of aliphatic hydroxyl groups is 2. The van der Waals surface area contributed by atoms with Crippen LogP contribution < -0.4 is 10.6 Å². The molecule has 0 saturated carbocycles. The molecule has 1 aromatic heterocycles. The van der Waals surface area contributed by atoms with Crippen LogP contribution in [0.15, 0.2) is 29.8 Å². The third kappa shape index (κ3) is 6.33. The highest BCUT2D eigenvalue weighted by molar-refractivity contribution is 7.13. The molecule has 0 radical (unpaired) electrons. The molecule has 170 valence electrons. The van der Waals surface area contributed by atoms with Crippen LogP contribution in [0, 0.1) is 12.3 Å². The number of aryl methyl sites for hydroxylation is 1. The van der Waals surface area contributed by atoms with Crippen molar-refractivity contribution >= 4 is 17.2 Å². The van der Waals surface area contributed by atoms with Crippen LogP contribution in [0.3, 0.4) is 0 Å². The monoisotopic (exact) mass is 446 g/mol. The number of nitrogens with one attached hydrogen (secondary N) is 2. The summed E-state index contributed by atoms with van der Waals surface area (Å²) in [6, 6.07) is 8.10. The molecule has 1 aromatic carbocycles. The van der Waals surface area contributed by atoms with Crippen molar-refractivity contribution in [3.05, 3.63) is 41.0 Å². The number of hydrogen-bond donors (Lipinski definition) is 4. The Kier molecular flexibility index (Phi) is 7.49. The van der Waals surface area contributed by atoms with Gasteiger partial charge >= 0.3 is 0 Å². The van der Waals surface area contributed by atoms with Crippen molar-refractivity contribution in [3.63, 3.8) is 0 Å². The molecule has 1 saturated heterocycles. The zero-order chi connectivity index (χ0) is 22.8. The van der Waals surface area contributed by atoms with Gasteiger partial charge in [-0.1, -0.05) is 45.0 Å². The molecule has 1 aliphatic heterocycles. The first-order valence-corrected chi connectivity index (χ1v) is 11.6. The van der Waals surface area contributed by atoms with Crippen LogP contribution >= 0.6 is 11.3 Å². The van der Waals surface area contributed by atoms with Gasteiger partial charge in [0.15, 0.2) is 6.35 Å². The van der Waals surface area contributed by atoms with Crippen molar-refractivity contribution in [1.29, 1.82) is 0 Å². The zero-order valence-corrected chi connectivity index (χ0v) is 19.7. The number of aliphatic hydroxyl groups excluding tert-OH is 2. The number of benzene rings is 1. The molecular weight excluding hydrogens is 412 g/mol. The molecular formula is C23H34N4O3S. The van der Waals surface area contributed by atoms with Gasteiger partial charge in [0.05, 0.1) is 28.4 Å². The summed E-state index contributed by atoms with van der Waals surface area (Å²) >= 11 is 1.62. The van der Waals surface area contributed by atoms with Gasteiger partial charge in [0.1, 0.15) is 0 Å². The van der Waals surface area contributed by atoms with Crippen molar-refractivity contribution in [2.45, 2.75) is 72.1 Å². The molecule has 4 N–H and O–H groups in total. The van der Waals surface area contributed by atoms with Crippen LogP contribution in [0.1, 0.15) is 57.8 Å². The van der Waals surface area contributed by atoms with E-state index >= 15 is 0 Å². The summed E-state index contributed by atoms with van der Waals surface area (Å²) in [6.07, 6.45) is -1.22. The lowest BCUT2D eigenvalue weighted by Gasteiger charge is -2.31. The maximum Gasteiger partial charge on any atom is 0.224 e. The van der Waals surface area contributed by atoms with E-state index in [4.69, 9.17) is 0 Å². The number of aromatic nitrogens is 1. The molecule has 4 atom stereocenters. The van der Waals surface area contributed by atoms with Gasteiger partial charge in [-0.3, -0.25) is 15.4 Å². The Morgan fingerprint density at radius 1 is 1.32 bits per heavy atom. The topological polar surface area (TPSA) is 97.7 Å². The fourth-order valence-electron chi connectivity index (χ4n) is 3.87. The molecule has 0 spiro atoms. The number of nitrogens with zero attached hydrogens (tertiary/aromatic N) is 2. The molecule has 1 amide bonds. The molecule has 3 rings (SSSR count). The van der Waals surface area contributed by atoms with Gasteiger partial charge in [-0.15, -0.1) is 11.3 Å². The van der Waals surface area contributed by atoms with E-state index in [1.54, 1.807) is 16.2 Å². The smallest absolute Gasteiger partial charge is 0.224 e. The van der Waals surface area contributed by atoms with E-state index in [-0.39, 0.29) is 23.9 Å². The Bertz CT molecular complexity index is 878. The lowest BCUT2D eigenvalue weighted by molar-refractivity contribution is -0.135. The lowest BCUT2D eigenvalue weighted by Crippen LogP contribution is -2.54. The molecule has 1 fully saturated rings. The summed E-state index contributed by atoms with van der Waals surface area (Å²) in [4.78, 5) is 19.8. The average Bonchev–Trinajstić information content (AvgIpc) is 3.25. The van der Waals surface area contributed by atoms with Gasteiger partial charge in [0, 0.05) is 25.4 Å². The van der Waals surface area contributed by atoms with Gasteiger partial charge in [-0.05, 0) is 30.4 Å². The summed E-state index contributed by atoms with van der Waals surface area (Å²) in [7, 11) is 0. The van der Waals surface area contributed by atoms with E-state index in [9.17, 15) is 15.0 Å². The van der Waals surface area contributed by atoms with Gasteiger partial charge in [-0.25, -0.2) is 4.98 Å². The van der Waals surface area contributed by atoms with Crippen LogP contribution in [0.2, 0.25) is 0 Å². The minimum Gasteiger partial charge on any atom is -0.391 e. The fraction of sp³-hybridized carbons (Fsp3) is 0.565. The molecule has 31 heavy (non-hydrogen) atoms. The van der Waals surface area contributed by atoms with E-state index in [1.807, 2.05) is 52.3 Å². The summed E-state index contributed by atoms with van der Waals surface area (Å²) in [5, 5.41) is 26.8. The molecule has 2 aromatic rings. The van der Waals surface area contributed by atoms with Crippen LogP contribution in [-0.4, -0.2) is 51.2 Å². The Morgan fingerprint density at radius 2 is 2.00 bits per heavy atom. The molecule has 8 heteroatoms. The van der Waals surface area contributed by atoms with Crippen LogP contribution in [0.4, 0.5) is 0 Å². The third-order valence-corrected chi connectivity index (χ3v) is 6.44. The van der Waals surface area contributed by atoms with Crippen molar-refractivity contribution < 1.29 is 15.0 Å². The van der Waals surface area contributed by atoms with Crippen LogP contribution in [-0.2, 0) is 4.79 Å². The summed E-state index contributed by atoms with van der Waals surface area (Å²) in [5.74, 6) is -0.0178. The van der Waals surface area contributed by atoms with Gasteiger partial charge in [0.25, 0.3) is 0 Å². The normalized spacial score (nSPS) is 21.3. The Hall–Kier alpha value is -1.84. The highest BCUT2D eigenvalue weighted by Crippen LogP contribution is 2.28. The lowest BCUT2D eigenvalue weighted by atomic mass is 9.91. The highest BCUT2D eigenvalue weighted by Gasteiger charge is 2.36. The molecule has 1 aliphatic rings. The summed E-state index contributed by atoms with van der Waals surface area (Å²) in [6.45, 7) is 10.3. The molecule has 7 nitrogen and oxygen atoms in total. The van der Waals surface area contributed by atoms with Crippen molar-refractivity contribution in [2.75, 3.05) is 6.54 Å². The number of β-amino-alcohol motifs (C(OH)–C–C–N with tert-alkyl or cyclic N) is 1. The first-order chi connectivity index (χ1) is 14.5. The number of rotatable bonds is 7. The van der Waals surface area contributed by atoms with Crippen LogP contribution in [0.25, 0.3) is 10.4 Å². The maximum absolute atomic E-state index is 12.7. The second-order valence-corrected chi connectivity index (χ2v) is 10.4. The Balaban J connectivity index is 1.58. The third-order valence-electron chi connectivity index (χ3n) is 5.46. The summed E-state index contributed by atoms with van der Waals surface area (Å²) in [5.41, 5.74) is 4.90. The minimum atomic E-state index is -1.02. The fourth-order valence-corrected chi connectivity index (χ4v) is 4.68. The summed E-state index contributed by atoms with van der Waals surface area (Å²) < 4.78 is 0. The number of carbonyl (C=O) groups excluding carboxylic acids is 1. The largest absolute Gasteiger partial charge is 0.391 e. The van der Waals surface area contributed by atoms with Crippen molar-refractivity contribution in [1.82, 2.24) is 20.5 Å². The van der Waals surface area contributed by atoms with Crippen LogP contribution in [0.5, 0.6) is 0 Å². The molecule has 0 aliphatic carbocycles. The number of carbonyl (C=O) groups is 1. The number of thiazole rings is 1. The first-order valence-electron chi connectivity index (χ1n) is 10.7. The SMILES string of the molecule is Cc1ncsc1-c1ccc([C@H](C)NC(O)N[C@@H]2C[C@@H](O)CN2C(=O)CC(C)(C)C)cc1. The van der Waals surface area contributed by atoms with Crippen molar-refractivity contribution in [3.8, 4) is 10.4 Å². The average molecular weight is 447 g/mol.